The molecule has 33 heavy (non-hydrogen) atoms. The predicted octanol–water partition coefficient (Wildman–Crippen LogP) is 5.41. The van der Waals surface area contributed by atoms with Gasteiger partial charge in [-0.25, -0.2) is 0 Å². The van der Waals surface area contributed by atoms with Gasteiger partial charge in [0, 0.05) is 22.8 Å². The number of furan rings is 1. The first-order valence-corrected chi connectivity index (χ1v) is 10.8. The minimum atomic E-state index is -0.655. The van der Waals surface area contributed by atoms with Crippen molar-refractivity contribution in [3.05, 3.63) is 106 Å². The Labute approximate surface area is 193 Å². The Morgan fingerprint density at radius 2 is 1.18 bits per heavy atom. The molecule has 168 valence electrons. The average Bonchev–Trinajstić information content (AvgIpc) is 3.31. The van der Waals surface area contributed by atoms with Crippen LogP contribution in [0.3, 0.4) is 0 Å². The van der Waals surface area contributed by atoms with Crippen LogP contribution in [0, 0.1) is 13.8 Å². The topological polar surface area (TPSA) is 83.4 Å². The van der Waals surface area contributed by atoms with Gasteiger partial charge < -0.3 is 20.4 Å². The zero-order valence-electron chi connectivity index (χ0n) is 19.2. The third-order valence-corrected chi connectivity index (χ3v) is 5.70. The van der Waals surface area contributed by atoms with Gasteiger partial charge in [0.25, 0.3) is 11.8 Å². The van der Waals surface area contributed by atoms with Crippen LogP contribution in [0.15, 0.2) is 93.9 Å². The third-order valence-electron chi connectivity index (χ3n) is 5.70. The van der Waals surface area contributed by atoms with E-state index in [-0.39, 0.29) is 11.8 Å². The lowest BCUT2D eigenvalue weighted by molar-refractivity contribution is -0.113. The summed E-state index contributed by atoms with van der Waals surface area (Å²) in [6.45, 7) is 7.64. The summed E-state index contributed by atoms with van der Waals surface area (Å²) in [5, 5.41) is 9.14. The maximum atomic E-state index is 13.4. The first-order valence-electron chi connectivity index (χ1n) is 10.8. The summed E-state index contributed by atoms with van der Waals surface area (Å²) >= 11 is 0. The van der Waals surface area contributed by atoms with Crippen LogP contribution in [-0.4, -0.2) is 11.8 Å². The van der Waals surface area contributed by atoms with Gasteiger partial charge >= 0.3 is 0 Å². The second-order valence-corrected chi connectivity index (χ2v) is 8.29. The van der Waals surface area contributed by atoms with Crippen molar-refractivity contribution in [2.45, 2.75) is 33.6 Å². The SMILES string of the molecule is CC1=C(C(=O)Nc2ccc(C)cc2)C(c2ccco2)C(C(=O)Nc2ccc(C)cc2)=C(C)N1. The number of rotatable bonds is 5. The van der Waals surface area contributed by atoms with E-state index in [2.05, 4.69) is 16.0 Å². The standard InChI is InChI=1S/C27H27N3O3/c1-16-7-11-20(12-8-16)29-26(31)23-18(3)28-19(4)24(25(23)22-6-5-15-33-22)27(32)30-21-13-9-17(2)10-14-21/h5-15,25,28H,1-4H3,(H,29,31)(H,30,32). The summed E-state index contributed by atoms with van der Waals surface area (Å²) in [6, 6.07) is 18.7. The van der Waals surface area contributed by atoms with Crippen molar-refractivity contribution in [2.75, 3.05) is 10.6 Å². The van der Waals surface area contributed by atoms with E-state index in [4.69, 9.17) is 4.42 Å². The van der Waals surface area contributed by atoms with Gasteiger partial charge in [0.05, 0.1) is 23.3 Å². The zero-order chi connectivity index (χ0) is 23.5. The number of amides is 2. The van der Waals surface area contributed by atoms with Crippen molar-refractivity contribution in [2.24, 2.45) is 0 Å². The Kier molecular flexibility index (Phi) is 6.18. The lowest BCUT2D eigenvalue weighted by Gasteiger charge is -2.30. The van der Waals surface area contributed by atoms with Gasteiger partial charge in [-0.2, -0.15) is 0 Å². The van der Waals surface area contributed by atoms with Crippen LogP contribution in [0.2, 0.25) is 0 Å². The van der Waals surface area contributed by atoms with Gasteiger partial charge in [-0.05, 0) is 64.1 Å². The molecule has 1 aliphatic rings. The summed E-state index contributed by atoms with van der Waals surface area (Å²) in [4.78, 5) is 26.9. The van der Waals surface area contributed by atoms with E-state index >= 15 is 0 Å². The summed E-state index contributed by atoms with van der Waals surface area (Å²) < 4.78 is 5.71. The van der Waals surface area contributed by atoms with Crippen molar-refractivity contribution in [3.63, 3.8) is 0 Å². The Morgan fingerprint density at radius 1 is 0.727 bits per heavy atom. The van der Waals surface area contributed by atoms with E-state index in [1.54, 1.807) is 18.4 Å². The number of aryl methyl sites for hydroxylation is 2. The van der Waals surface area contributed by atoms with Crippen molar-refractivity contribution in [3.8, 4) is 0 Å². The van der Waals surface area contributed by atoms with Crippen LogP contribution >= 0.6 is 0 Å². The third kappa shape index (κ3) is 4.75. The number of anilines is 2. The first-order chi connectivity index (χ1) is 15.8. The molecule has 0 fully saturated rings. The highest BCUT2D eigenvalue weighted by Crippen LogP contribution is 2.39. The number of benzene rings is 2. The molecule has 2 heterocycles. The van der Waals surface area contributed by atoms with Gasteiger partial charge in [-0.1, -0.05) is 35.4 Å². The molecule has 6 nitrogen and oxygen atoms in total. The number of carbonyl (C=O) groups excluding carboxylic acids is 2. The monoisotopic (exact) mass is 441 g/mol. The Morgan fingerprint density at radius 3 is 1.58 bits per heavy atom. The van der Waals surface area contributed by atoms with E-state index in [1.165, 1.54) is 0 Å². The fourth-order valence-corrected chi connectivity index (χ4v) is 4.01. The van der Waals surface area contributed by atoms with Crippen LogP contribution in [-0.2, 0) is 9.59 Å². The zero-order valence-corrected chi connectivity index (χ0v) is 19.2. The Hall–Kier alpha value is -4.06. The summed E-state index contributed by atoms with van der Waals surface area (Å²) in [6.07, 6.45) is 1.55. The molecule has 0 radical (unpaired) electrons. The van der Waals surface area contributed by atoms with E-state index in [0.29, 0.717) is 39.7 Å². The van der Waals surface area contributed by atoms with Crippen LogP contribution in [0.4, 0.5) is 11.4 Å². The van der Waals surface area contributed by atoms with Crippen molar-refractivity contribution in [1.29, 1.82) is 0 Å². The van der Waals surface area contributed by atoms with E-state index in [0.717, 1.165) is 11.1 Å². The highest BCUT2D eigenvalue weighted by Gasteiger charge is 2.38. The second-order valence-electron chi connectivity index (χ2n) is 8.29. The van der Waals surface area contributed by atoms with Crippen molar-refractivity contribution >= 4 is 23.2 Å². The van der Waals surface area contributed by atoms with E-state index in [9.17, 15) is 9.59 Å². The Bertz CT molecular complexity index is 1150. The fourth-order valence-electron chi connectivity index (χ4n) is 4.01. The van der Waals surface area contributed by atoms with Gasteiger partial charge in [0.1, 0.15) is 5.76 Å². The highest BCUT2D eigenvalue weighted by atomic mass is 16.3. The molecule has 4 rings (SSSR count). The van der Waals surface area contributed by atoms with Crippen LogP contribution < -0.4 is 16.0 Å². The minimum absolute atomic E-state index is 0.293. The molecule has 3 aromatic rings. The molecule has 0 saturated heterocycles. The maximum Gasteiger partial charge on any atom is 0.254 e. The van der Waals surface area contributed by atoms with Crippen LogP contribution in [0.5, 0.6) is 0 Å². The summed E-state index contributed by atoms with van der Waals surface area (Å²) in [5.74, 6) is -0.716. The largest absolute Gasteiger partial charge is 0.468 e. The Balaban J connectivity index is 1.69. The number of allylic oxidation sites excluding steroid dienone is 2. The quantitative estimate of drug-likeness (QED) is 0.494. The smallest absolute Gasteiger partial charge is 0.254 e. The average molecular weight is 442 g/mol. The molecule has 0 spiro atoms. The lowest BCUT2D eigenvalue weighted by Crippen LogP contribution is -2.34. The molecule has 2 amide bonds. The molecule has 2 aromatic carbocycles. The molecule has 0 saturated carbocycles. The summed E-state index contributed by atoms with van der Waals surface area (Å²) in [7, 11) is 0. The first kappa shape index (κ1) is 22.1. The molecular formula is C27H27N3O3. The van der Waals surface area contributed by atoms with Gasteiger partial charge in [0.2, 0.25) is 0 Å². The molecule has 1 aromatic heterocycles. The molecular weight excluding hydrogens is 414 g/mol. The van der Waals surface area contributed by atoms with Crippen LogP contribution in [0.25, 0.3) is 0 Å². The van der Waals surface area contributed by atoms with Crippen molar-refractivity contribution < 1.29 is 14.0 Å². The number of dihydropyridines is 1. The van der Waals surface area contributed by atoms with Gasteiger partial charge in [0.15, 0.2) is 0 Å². The van der Waals surface area contributed by atoms with E-state index in [1.807, 2.05) is 76.2 Å². The molecule has 0 unspecified atom stereocenters. The minimum Gasteiger partial charge on any atom is -0.468 e. The second kappa shape index (κ2) is 9.20. The number of carbonyl (C=O) groups is 2. The number of hydrogen-bond donors (Lipinski definition) is 3. The number of hydrogen-bond acceptors (Lipinski definition) is 4. The fraction of sp³-hybridized carbons (Fsp3) is 0.185. The summed E-state index contributed by atoms with van der Waals surface area (Å²) in [5.41, 5.74) is 5.78. The van der Waals surface area contributed by atoms with Gasteiger partial charge in [-0.3, -0.25) is 9.59 Å². The highest BCUT2D eigenvalue weighted by molar-refractivity contribution is 6.11. The maximum absolute atomic E-state index is 13.4. The number of nitrogens with one attached hydrogen (secondary N) is 3. The molecule has 0 bridgehead atoms. The molecule has 3 N–H and O–H groups in total. The predicted molar refractivity (Wildman–Crippen MR) is 130 cm³/mol. The normalized spacial score (nSPS) is 14.2. The van der Waals surface area contributed by atoms with Crippen LogP contribution in [0.1, 0.15) is 36.7 Å². The van der Waals surface area contributed by atoms with Crippen molar-refractivity contribution in [1.82, 2.24) is 5.32 Å². The molecule has 6 heteroatoms. The van der Waals surface area contributed by atoms with E-state index < -0.39 is 5.92 Å². The molecule has 0 atom stereocenters. The lowest BCUT2D eigenvalue weighted by atomic mass is 9.82. The molecule has 1 aliphatic heterocycles. The van der Waals surface area contributed by atoms with Gasteiger partial charge in [-0.15, -0.1) is 0 Å². The molecule has 0 aliphatic carbocycles.